The van der Waals surface area contributed by atoms with Crippen LogP contribution in [-0.2, 0) is 11.2 Å². The van der Waals surface area contributed by atoms with E-state index in [2.05, 4.69) is 10.6 Å². The van der Waals surface area contributed by atoms with Crippen LogP contribution in [0.2, 0.25) is 0 Å². The van der Waals surface area contributed by atoms with Crippen molar-refractivity contribution in [2.75, 3.05) is 11.1 Å². The fourth-order valence-corrected chi connectivity index (χ4v) is 2.20. The summed E-state index contributed by atoms with van der Waals surface area (Å²) >= 11 is 0. The molecule has 2 aromatic rings. The molecule has 0 radical (unpaired) electrons. The molecule has 0 aliphatic carbocycles. The summed E-state index contributed by atoms with van der Waals surface area (Å²) in [4.78, 5) is 24.3. The summed E-state index contributed by atoms with van der Waals surface area (Å²) in [5.74, 6) is -0.235. The average molecular weight is 339 g/mol. The summed E-state index contributed by atoms with van der Waals surface area (Å²) in [6.07, 6.45) is 1.12. The zero-order valence-corrected chi connectivity index (χ0v) is 14.9. The number of nitrogens with two attached hydrogens (primary N) is 1. The van der Waals surface area contributed by atoms with E-state index in [0.29, 0.717) is 16.9 Å². The van der Waals surface area contributed by atoms with Crippen LogP contribution in [0, 0.1) is 0 Å². The van der Waals surface area contributed by atoms with E-state index in [1.807, 2.05) is 32.9 Å². The Balaban J connectivity index is 1.94. The molecule has 0 aliphatic rings. The van der Waals surface area contributed by atoms with Crippen LogP contribution in [0.3, 0.4) is 0 Å². The first-order valence-electron chi connectivity index (χ1n) is 8.36. The van der Waals surface area contributed by atoms with E-state index < -0.39 is 0 Å². The lowest BCUT2D eigenvalue weighted by Gasteiger charge is -2.24. The molecule has 2 aromatic carbocycles. The van der Waals surface area contributed by atoms with Crippen molar-refractivity contribution in [1.29, 1.82) is 0 Å². The molecule has 0 heterocycles. The minimum atomic E-state index is -0.247. The van der Waals surface area contributed by atoms with Gasteiger partial charge >= 0.3 is 0 Å². The van der Waals surface area contributed by atoms with Crippen molar-refractivity contribution in [2.45, 2.75) is 39.2 Å². The maximum absolute atomic E-state index is 12.2. The molecule has 0 saturated heterocycles. The molecule has 2 amide bonds. The second kappa shape index (κ2) is 7.83. The number of anilines is 2. The Kier molecular flexibility index (Phi) is 5.80. The van der Waals surface area contributed by atoms with Gasteiger partial charge in [-0.15, -0.1) is 0 Å². The molecule has 132 valence electrons. The zero-order valence-electron chi connectivity index (χ0n) is 14.9. The van der Waals surface area contributed by atoms with Gasteiger partial charge < -0.3 is 16.4 Å². The lowest BCUT2D eigenvalue weighted by Crippen LogP contribution is -2.42. The van der Waals surface area contributed by atoms with Gasteiger partial charge in [0.05, 0.1) is 6.42 Å². The second-order valence-corrected chi connectivity index (χ2v) is 6.74. The smallest absolute Gasteiger partial charge is 0.251 e. The van der Waals surface area contributed by atoms with Gasteiger partial charge in [-0.25, -0.2) is 0 Å². The maximum atomic E-state index is 12.2. The van der Waals surface area contributed by atoms with Gasteiger partial charge in [-0.05, 0) is 62.2 Å². The second-order valence-electron chi connectivity index (χ2n) is 6.74. The topological polar surface area (TPSA) is 84.2 Å². The number of carbonyl (C=O) groups excluding carboxylic acids is 2. The lowest BCUT2D eigenvalue weighted by atomic mass is 10.0. The van der Waals surface area contributed by atoms with Gasteiger partial charge in [-0.2, -0.15) is 0 Å². The molecule has 0 atom stereocenters. The number of nitrogen functional groups attached to an aromatic ring is 1. The first-order valence-corrected chi connectivity index (χ1v) is 8.36. The Morgan fingerprint density at radius 1 is 1.00 bits per heavy atom. The van der Waals surface area contributed by atoms with E-state index in [9.17, 15) is 9.59 Å². The number of rotatable bonds is 6. The Morgan fingerprint density at radius 3 is 2.16 bits per heavy atom. The Morgan fingerprint density at radius 2 is 1.60 bits per heavy atom. The standard InChI is InChI=1S/C20H25N3O2/c1-4-20(2,3)23-19(25)15-7-11-17(12-8-15)22-18(24)13-14-5-9-16(21)10-6-14/h5-12H,4,13,21H2,1-3H3,(H,22,24)(H,23,25). The van der Waals surface area contributed by atoms with Crippen molar-refractivity contribution < 1.29 is 9.59 Å². The molecule has 2 rings (SSSR count). The van der Waals surface area contributed by atoms with Gasteiger partial charge in [0.2, 0.25) is 5.91 Å². The fraction of sp³-hybridized carbons (Fsp3) is 0.300. The molecule has 4 N–H and O–H groups in total. The molecule has 5 nitrogen and oxygen atoms in total. The minimum absolute atomic E-state index is 0.117. The monoisotopic (exact) mass is 339 g/mol. The summed E-state index contributed by atoms with van der Waals surface area (Å²) in [6, 6.07) is 14.1. The Hall–Kier alpha value is -2.82. The van der Waals surface area contributed by atoms with Gasteiger partial charge in [-0.1, -0.05) is 19.1 Å². The van der Waals surface area contributed by atoms with Gasteiger partial charge in [0.25, 0.3) is 5.91 Å². The lowest BCUT2D eigenvalue weighted by molar-refractivity contribution is -0.115. The van der Waals surface area contributed by atoms with Gasteiger partial charge in [0.1, 0.15) is 0 Å². The molecular weight excluding hydrogens is 314 g/mol. The van der Waals surface area contributed by atoms with Crippen molar-refractivity contribution in [3.63, 3.8) is 0 Å². The van der Waals surface area contributed by atoms with Crippen molar-refractivity contribution in [1.82, 2.24) is 5.32 Å². The van der Waals surface area contributed by atoms with Crippen LogP contribution >= 0.6 is 0 Å². The molecular formula is C20H25N3O2. The summed E-state index contributed by atoms with van der Waals surface area (Å²) < 4.78 is 0. The predicted molar refractivity (Wildman–Crippen MR) is 101 cm³/mol. The van der Waals surface area contributed by atoms with E-state index in [-0.39, 0.29) is 23.8 Å². The first-order chi connectivity index (χ1) is 11.8. The quantitative estimate of drug-likeness (QED) is 0.706. The van der Waals surface area contributed by atoms with Crippen LogP contribution in [0.15, 0.2) is 48.5 Å². The number of amides is 2. The molecule has 25 heavy (non-hydrogen) atoms. The van der Waals surface area contributed by atoms with Crippen molar-refractivity contribution in [3.05, 3.63) is 59.7 Å². The molecule has 0 aromatic heterocycles. The predicted octanol–water partition coefficient (Wildman–Crippen LogP) is 3.37. The van der Waals surface area contributed by atoms with Crippen molar-refractivity contribution in [2.24, 2.45) is 0 Å². The maximum Gasteiger partial charge on any atom is 0.251 e. The number of nitrogens with one attached hydrogen (secondary N) is 2. The largest absolute Gasteiger partial charge is 0.399 e. The van der Waals surface area contributed by atoms with Gasteiger partial charge in [0.15, 0.2) is 0 Å². The third-order valence-electron chi connectivity index (χ3n) is 4.11. The molecule has 0 unspecified atom stereocenters. The summed E-state index contributed by atoms with van der Waals surface area (Å²) in [6.45, 7) is 5.99. The third kappa shape index (κ3) is 5.64. The zero-order chi connectivity index (χ0) is 18.4. The number of hydrogen-bond donors (Lipinski definition) is 3. The van der Waals surface area contributed by atoms with Crippen LogP contribution in [0.25, 0.3) is 0 Å². The summed E-state index contributed by atoms with van der Waals surface area (Å²) in [5, 5.41) is 5.81. The van der Waals surface area contributed by atoms with Crippen LogP contribution in [0.1, 0.15) is 43.1 Å². The van der Waals surface area contributed by atoms with E-state index in [4.69, 9.17) is 5.73 Å². The van der Waals surface area contributed by atoms with E-state index >= 15 is 0 Å². The SMILES string of the molecule is CCC(C)(C)NC(=O)c1ccc(NC(=O)Cc2ccc(N)cc2)cc1. The molecule has 5 heteroatoms. The number of benzene rings is 2. The molecule has 0 aliphatic heterocycles. The van der Waals surface area contributed by atoms with Crippen molar-refractivity contribution >= 4 is 23.2 Å². The van der Waals surface area contributed by atoms with Crippen LogP contribution in [0.5, 0.6) is 0 Å². The highest BCUT2D eigenvalue weighted by molar-refractivity contribution is 5.96. The number of hydrogen-bond acceptors (Lipinski definition) is 3. The van der Waals surface area contributed by atoms with E-state index in [1.54, 1.807) is 36.4 Å². The minimum Gasteiger partial charge on any atom is -0.399 e. The molecule has 0 fully saturated rings. The van der Waals surface area contributed by atoms with E-state index in [1.165, 1.54) is 0 Å². The van der Waals surface area contributed by atoms with Crippen LogP contribution in [0.4, 0.5) is 11.4 Å². The highest BCUT2D eigenvalue weighted by atomic mass is 16.2. The van der Waals surface area contributed by atoms with Gasteiger partial charge in [0, 0.05) is 22.5 Å². The molecule has 0 saturated carbocycles. The average Bonchev–Trinajstić information content (AvgIpc) is 2.57. The fourth-order valence-electron chi connectivity index (χ4n) is 2.20. The van der Waals surface area contributed by atoms with Crippen LogP contribution < -0.4 is 16.4 Å². The van der Waals surface area contributed by atoms with Crippen LogP contribution in [-0.4, -0.2) is 17.4 Å². The van der Waals surface area contributed by atoms with Gasteiger partial charge in [-0.3, -0.25) is 9.59 Å². The Labute approximate surface area is 148 Å². The highest BCUT2D eigenvalue weighted by Crippen LogP contribution is 2.13. The number of carbonyl (C=O) groups is 2. The first kappa shape index (κ1) is 18.5. The third-order valence-corrected chi connectivity index (χ3v) is 4.11. The van der Waals surface area contributed by atoms with E-state index in [0.717, 1.165) is 12.0 Å². The molecule has 0 spiro atoms. The normalized spacial score (nSPS) is 11.0. The Bertz CT molecular complexity index is 735. The summed E-state index contributed by atoms with van der Waals surface area (Å²) in [7, 11) is 0. The molecule has 0 bridgehead atoms. The highest BCUT2D eigenvalue weighted by Gasteiger charge is 2.18. The van der Waals surface area contributed by atoms with Crippen molar-refractivity contribution in [3.8, 4) is 0 Å². The summed E-state index contributed by atoms with van der Waals surface area (Å²) in [5.41, 5.74) is 8.18.